The van der Waals surface area contributed by atoms with Crippen LogP contribution in [0.5, 0.6) is 0 Å². The zero-order chi connectivity index (χ0) is 87.9. The van der Waals surface area contributed by atoms with Crippen LogP contribution >= 0.6 is 11.3 Å². The van der Waals surface area contributed by atoms with Crippen LogP contribution in [0, 0.1) is 29.1 Å². The summed E-state index contributed by atoms with van der Waals surface area (Å²) in [5.74, 6) is -9.89. The number of para-hydroxylation sites is 1. The van der Waals surface area contributed by atoms with E-state index in [1.165, 1.54) is 36.5 Å². The highest BCUT2D eigenvalue weighted by Crippen LogP contribution is 2.72. The van der Waals surface area contributed by atoms with Gasteiger partial charge < -0.3 is 75.1 Å². The molecule has 4 bridgehead atoms. The molecule has 8 amide bonds. The van der Waals surface area contributed by atoms with Gasteiger partial charge in [-0.1, -0.05) is 69.4 Å². The molecule has 656 valence electrons. The first-order valence-corrected chi connectivity index (χ1v) is 44.3. The van der Waals surface area contributed by atoms with Gasteiger partial charge in [0.15, 0.2) is 16.9 Å². The number of aliphatic hydroxyl groups is 3. The molecule has 6 fully saturated rings. The Morgan fingerprint density at radius 3 is 2.18 bits per heavy atom. The number of thiazole rings is 1. The van der Waals surface area contributed by atoms with E-state index in [0.29, 0.717) is 89.0 Å². The molecular formula is C82H100N12O25S3. The van der Waals surface area contributed by atoms with Crippen LogP contribution in [-0.2, 0) is 105 Å². The third-order valence-corrected chi connectivity index (χ3v) is 26.5. The monoisotopic (exact) mass is 1750 g/mol. The summed E-state index contributed by atoms with van der Waals surface area (Å²) >= 11 is 1.38. The number of carboxylic acid groups (broad SMARTS) is 2. The van der Waals surface area contributed by atoms with Crippen LogP contribution in [-0.4, -0.2) is 263 Å². The first-order chi connectivity index (χ1) is 57.6. The molecule has 4 aliphatic carbocycles. The average molecular weight is 1750 g/mol. The highest BCUT2D eigenvalue weighted by molar-refractivity contribution is 7.86. The molecule has 6 aromatic rings. The van der Waals surface area contributed by atoms with E-state index in [0.717, 1.165) is 68.3 Å². The molecule has 37 nitrogen and oxygen atoms in total. The number of ether oxygens (including phenoxy) is 4. The minimum atomic E-state index is -4.66. The van der Waals surface area contributed by atoms with Crippen LogP contribution in [0.15, 0.2) is 91.1 Å². The Labute approximate surface area is 706 Å². The molecule has 14 rings (SSSR count). The number of benzene rings is 3. The van der Waals surface area contributed by atoms with Gasteiger partial charge in [0.25, 0.3) is 38.0 Å². The molecule has 2 unspecified atom stereocenters. The smallest absolute Gasteiger partial charge is 0.410 e. The molecule has 7 heterocycles. The van der Waals surface area contributed by atoms with E-state index in [1.807, 2.05) is 52.9 Å². The van der Waals surface area contributed by atoms with Crippen molar-refractivity contribution in [2.45, 2.75) is 192 Å². The predicted molar refractivity (Wildman–Crippen MR) is 438 cm³/mol. The van der Waals surface area contributed by atoms with Crippen LogP contribution in [0.3, 0.4) is 0 Å². The van der Waals surface area contributed by atoms with Gasteiger partial charge in [0.1, 0.15) is 48.9 Å². The third-order valence-electron chi connectivity index (χ3n) is 24.1. The highest BCUT2D eigenvalue weighted by Gasteiger charge is 2.66. The van der Waals surface area contributed by atoms with Crippen molar-refractivity contribution in [3.05, 3.63) is 130 Å². The van der Waals surface area contributed by atoms with Crippen LogP contribution in [0.1, 0.15) is 141 Å². The number of rotatable bonds is 35. The van der Waals surface area contributed by atoms with Crippen LogP contribution in [0.25, 0.3) is 21.3 Å². The highest BCUT2D eigenvalue weighted by atomic mass is 32.2. The number of aromatic nitrogens is 4. The van der Waals surface area contributed by atoms with E-state index in [-0.39, 0.29) is 79.0 Å². The van der Waals surface area contributed by atoms with Gasteiger partial charge in [-0.05, 0) is 165 Å². The third kappa shape index (κ3) is 20.3. The number of aliphatic hydroxyl groups excluding tert-OH is 3. The maximum Gasteiger partial charge on any atom is 0.410 e. The zero-order valence-corrected chi connectivity index (χ0v) is 70.4. The van der Waals surface area contributed by atoms with Gasteiger partial charge >= 0.3 is 18.0 Å². The van der Waals surface area contributed by atoms with Gasteiger partial charge in [-0.3, -0.25) is 57.6 Å². The molecule has 11 N–H and O–H groups in total. The number of aromatic carboxylic acids is 1. The molecule has 11 atom stereocenters. The van der Waals surface area contributed by atoms with Gasteiger partial charge in [0.2, 0.25) is 23.6 Å². The lowest BCUT2D eigenvalue weighted by Crippen LogP contribution is -2.64. The number of aliphatic carboxylic acids is 1. The van der Waals surface area contributed by atoms with Gasteiger partial charge in [-0.2, -0.15) is 21.9 Å². The number of nitrogens with zero attached hydrogens (tertiary/aromatic N) is 8. The minimum absolute atomic E-state index is 0.0362. The number of carbonyl (C=O) groups is 10. The van der Waals surface area contributed by atoms with E-state index < -0.39 is 178 Å². The Hall–Kier alpha value is -10.3. The number of carboxylic acids is 2. The summed E-state index contributed by atoms with van der Waals surface area (Å²) in [5, 5.41) is 68.7. The van der Waals surface area contributed by atoms with Crippen LogP contribution < -0.4 is 26.2 Å². The van der Waals surface area contributed by atoms with Crippen molar-refractivity contribution >= 4 is 118 Å². The fraction of sp³-hybridized carbons (Fsp3) is 0.524. The number of hydrogen-bond acceptors (Lipinski definition) is 26. The second-order valence-electron chi connectivity index (χ2n) is 34.2. The molecule has 2 saturated heterocycles. The van der Waals surface area contributed by atoms with Crippen LogP contribution in [0.2, 0.25) is 0 Å². The number of pyridine rings is 1. The Balaban J connectivity index is 0.664. The van der Waals surface area contributed by atoms with Gasteiger partial charge in [-0.15, -0.1) is 0 Å². The topological polar surface area (TPSA) is 522 Å². The molecule has 3 aromatic carbocycles. The molecular weight excluding hydrogens is 1650 g/mol. The minimum Gasteiger partial charge on any atom is -0.479 e. The summed E-state index contributed by atoms with van der Waals surface area (Å²) in [6, 6.07) is 16.2. The number of hydrogen-bond donors (Lipinski definition) is 11. The fourth-order valence-corrected chi connectivity index (χ4v) is 21.2. The molecule has 4 saturated carbocycles. The van der Waals surface area contributed by atoms with Gasteiger partial charge in [-0.25, -0.2) is 24.4 Å². The van der Waals surface area contributed by atoms with Crippen molar-refractivity contribution in [2.24, 2.45) is 22.2 Å². The van der Waals surface area contributed by atoms with Gasteiger partial charge in [0.05, 0.1) is 72.0 Å². The second kappa shape index (κ2) is 35.9. The SMILES string of the molecule is Cc1c(-c2ccc(N3CCc4cccc(C(=O)Nc5nc6ccccc6s5)c4C3)nc2C(=O)O)cnn1CC12CC3(C)CC(C)(C1)CC(OCCN(CCS(=O)(=O)O)C(=O)OCc1ccc(NC(=O)[C@H](C)NC(=O)[C@@H](NC(=O)CN4C(=O)[C@@H](N5C(=O)C=CC5=O)C[C@H]4COCCS(=O)(=O)O)C(C)C)cc1CCC[C@@H]1O[C@H](C(=O)O)[C@@H](O)[C@H](O)[C@H]1O)(C3)C2. The van der Waals surface area contributed by atoms with Crippen molar-refractivity contribution in [1.82, 2.24) is 45.1 Å². The molecule has 0 spiro atoms. The summed E-state index contributed by atoms with van der Waals surface area (Å²) in [4.78, 5) is 149. The lowest BCUT2D eigenvalue weighted by molar-refractivity contribution is -0.248. The quantitative estimate of drug-likeness (QED) is 0.0146. The van der Waals surface area contributed by atoms with Crippen LogP contribution in [0.4, 0.5) is 21.4 Å². The van der Waals surface area contributed by atoms with Crippen molar-refractivity contribution in [3.8, 4) is 11.1 Å². The molecule has 0 radical (unpaired) electrons. The zero-order valence-electron chi connectivity index (χ0n) is 68.0. The largest absolute Gasteiger partial charge is 0.479 e. The number of anilines is 3. The van der Waals surface area contributed by atoms with Gasteiger partial charge in [0, 0.05) is 79.4 Å². The summed E-state index contributed by atoms with van der Waals surface area (Å²) in [6.07, 6.45) is -1.25. The van der Waals surface area contributed by atoms with Crippen molar-refractivity contribution < 1.29 is 118 Å². The summed E-state index contributed by atoms with van der Waals surface area (Å²) in [7, 11) is -9.10. The number of fused-ring (bicyclic) bond motifs is 2. The molecule has 122 heavy (non-hydrogen) atoms. The van der Waals surface area contributed by atoms with Crippen molar-refractivity contribution in [3.63, 3.8) is 0 Å². The normalized spacial score (nSPS) is 25.4. The van der Waals surface area contributed by atoms with Crippen molar-refractivity contribution in [2.75, 3.05) is 73.0 Å². The number of imide groups is 1. The Morgan fingerprint density at radius 1 is 0.770 bits per heavy atom. The predicted octanol–water partition coefficient (Wildman–Crippen LogP) is 4.68. The van der Waals surface area contributed by atoms with Crippen molar-refractivity contribution in [1.29, 1.82) is 0 Å². The standard InChI is InChI=1S/C82H100N12O25S3/c1-45(2)65(88-62(95)35-92-52(37-116-28-30-122(113,114)115)32-58(74(92)104)94-63(96)21-22-64(94)97)73(103)84-46(3)71(101)85-51-18-17-50(49(31-51)12-10-15-59-67(98)68(99)69(100)70(119-59)76(107)108)36-117-78(109)90(26-29-121(110,111)112)25-27-118-82-41-79(5)38-80(6,42-82)40-81(39-79,43-82)44-93-47(4)55(33-83-93)53-19-20-61(87-66(53)75(105)106)91-24-23-48-11-9-13-54(56(48)34-91)72(102)89-77-86-57-14-7-8-16-60(57)120-77/h7-9,11,13-14,16-22,31,33,45-46,52,58-59,65,67-70,98-100H,10,12,15,23-30,32,34-44H2,1-6H3,(H,84,103)(H,85,101)(H,88,95)(H,105,106)(H,107,108)(H,86,89,102)(H,110,111,112)(H,113,114,115)/t46-,52-,58-,59-,65-,67-,68+,69-,70-,79?,80?,81?,82?/m0/s1. The molecule has 40 heteroatoms. The first kappa shape index (κ1) is 89.5. The molecule has 4 aliphatic heterocycles. The maximum absolute atomic E-state index is 14.4. The molecule has 8 aliphatic rings. The summed E-state index contributed by atoms with van der Waals surface area (Å²) in [5.41, 5.74) is 3.92. The second-order valence-corrected chi connectivity index (χ2v) is 38.3. The van der Waals surface area contributed by atoms with E-state index in [9.17, 15) is 99.4 Å². The number of nitrogens with one attached hydrogen (secondary N) is 4. The van der Waals surface area contributed by atoms with E-state index in [2.05, 4.69) is 40.1 Å². The lowest BCUT2D eigenvalue weighted by atomic mass is 9.39. The fourth-order valence-electron chi connectivity index (χ4n) is 19.6. The summed E-state index contributed by atoms with van der Waals surface area (Å²) < 4.78 is 93.5. The first-order valence-electron chi connectivity index (χ1n) is 40.2. The number of carbonyl (C=O) groups excluding carboxylic acids is 8. The average Bonchev–Trinajstić information content (AvgIpc) is 0.913. The van der Waals surface area contributed by atoms with E-state index in [1.54, 1.807) is 38.2 Å². The summed E-state index contributed by atoms with van der Waals surface area (Å²) in [6.45, 7) is 9.29. The Kier molecular flexibility index (Phi) is 26.3. The molecule has 3 aromatic heterocycles. The van der Waals surface area contributed by atoms with E-state index in [4.69, 9.17) is 29.0 Å². The number of aryl methyl sites for hydroxylation is 1. The number of likely N-dealkylation sites (tertiary alicyclic amines) is 1. The Bertz CT molecular complexity index is 5300. The van der Waals surface area contributed by atoms with E-state index >= 15 is 0 Å². The maximum atomic E-state index is 14.4. The number of amides is 8. The lowest BCUT2D eigenvalue weighted by Gasteiger charge is -2.69. The Morgan fingerprint density at radius 2 is 1.49 bits per heavy atom.